The lowest BCUT2D eigenvalue weighted by atomic mass is 9.94. The van der Waals surface area contributed by atoms with E-state index in [-0.39, 0.29) is 11.9 Å². The van der Waals surface area contributed by atoms with Gasteiger partial charge in [0.15, 0.2) is 0 Å². The zero-order valence-electron chi connectivity index (χ0n) is 12.4. The quantitative estimate of drug-likeness (QED) is 0.864. The summed E-state index contributed by atoms with van der Waals surface area (Å²) in [5, 5.41) is 11.1. The Balaban J connectivity index is 1.95. The summed E-state index contributed by atoms with van der Waals surface area (Å²) in [7, 11) is 3.67. The lowest BCUT2D eigenvalue weighted by molar-refractivity contribution is -0.124. The summed E-state index contributed by atoms with van der Waals surface area (Å²) in [5.74, 6) is 0.0484. The maximum absolute atomic E-state index is 12.4. The van der Waals surface area contributed by atoms with E-state index in [9.17, 15) is 4.79 Å². The van der Waals surface area contributed by atoms with Crippen LogP contribution in [0.3, 0.4) is 0 Å². The van der Waals surface area contributed by atoms with Gasteiger partial charge in [0.1, 0.15) is 6.04 Å². The number of nitrogens with zero attached hydrogens (tertiary/aromatic N) is 2. The van der Waals surface area contributed by atoms with Crippen molar-refractivity contribution in [3.8, 4) is 0 Å². The topological polar surface area (TPSA) is 59.0 Å². The van der Waals surface area contributed by atoms with Crippen molar-refractivity contribution in [1.82, 2.24) is 20.4 Å². The van der Waals surface area contributed by atoms with Gasteiger partial charge in [-0.05, 0) is 32.6 Å². The van der Waals surface area contributed by atoms with Gasteiger partial charge in [0.25, 0.3) is 0 Å². The fourth-order valence-electron chi connectivity index (χ4n) is 2.81. The second-order valence-electron chi connectivity index (χ2n) is 5.40. The van der Waals surface area contributed by atoms with E-state index in [1.165, 1.54) is 12.8 Å². The molecule has 2 rings (SSSR count). The van der Waals surface area contributed by atoms with Crippen LogP contribution >= 0.6 is 11.8 Å². The van der Waals surface area contributed by atoms with E-state index < -0.39 is 0 Å². The maximum Gasteiger partial charge on any atom is 0.242 e. The number of aryl methyl sites for hydroxylation is 1. The van der Waals surface area contributed by atoms with Gasteiger partial charge in [0, 0.05) is 30.1 Å². The molecule has 0 aliphatic heterocycles. The minimum absolute atomic E-state index is 0.0484. The molecule has 2 N–H and O–H groups in total. The molecule has 112 valence electrons. The SMILES string of the molecule is CNC(C(=O)NC1CCCC(SC)C1)c1cnn(C)c1. The smallest absolute Gasteiger partial charge is 0.242 e. The van der Waals surface area contributed by atoms with Crippen molar-refractivity contribution in [2.75, 3.05) is 13.3 Å². The predicted molar refractivity (Wildman–Crippen MR) is 82.7 cm³/mol. The maximum atomic E-state index is 12.4. The van der Waals surface area contributed by atoms with Crippen LogP contribution in [-0.4, -0.2) is 40.3 Å². The van der Waals surface area contributed by atoms with Crippen LogP contribution in [0.1, 0.15) is 37.3 Å². The van der Waals surface area contributed by atoms with Gasteiger partial charge in [-0.3, -0.25) is 9.48 Å². The number of carbonyl (C=O) groups excluding carboxylic acids is 1. The van der Waals surface area contributed by atoms with Crippen LogP contribution < -0.4 is 10.6 Å². The second kappa shape index (κ2) is 7.13. The fourth-order valence-corrected chi connectivity index (χ4v) is 3.64. The molecule has 0 radical (unpaired) electrons. The zero-order chi connectivity index (χ0) is 14.5. The Kier molecular flexibility index (Phi) is 5.48. The molecular weight excluding hydrogens is 272 g/mol. The lowest BCUT2D eigenvalue weighted by Gasteiger charge is -2.29. The van der Waals surface area contributed by atoms with Gasteiger partial charge in [-0.25, -0.2) is 0 Å². The van der Waals surface area contributed by atoms with E-state index in [2.05, 4.69) is 22.0 Å². The Hall–Kier alpha value is -1.01. The molecule has 1 heterocycles. The Morgan fingerprint density at radius 1 is 1.55 bits per heavy atom. The summed E-state index contributed by atoms with van der Waals surface area (Å²) in [5.41, 5.74) is 0.907. The van der Waals surface area contributed by atoms with Crippen LogP contribution in [-0.2, 0) is 11.8 Å². The molecule has 3 unspecified atom stereocenters. The first-order valence-corrected chi connectivity index (χ1v) is 8.41. The average molecular weight is 296 g/mol. The minimum Gasteiger partial charge on any atom is -0.352 e. The van der Waals surface area contributed by atoms with Crippen molar-refractivity contribution in [2.24, 2.45) is 7.05 Å². The average Bonchev–Trinajstić information content (AvgIpc) is 2.86. The van der Waals surface area contributed by atoms with Crippen molar-refractivity contribution in [3.63, 3.8) is 0 Å². The van der Waals surface area contributed by atoms with Crippen LogP contribution in [0.5, 0.6) is 0 Å². The third-order valence-electron chi connectivity index (χ3n) is 3.91. The number of hydrogen-bond donors (Lipinski definition) is 2. The first-order valence-electron chi connectivity index (χ1n) is 7.13. The summed E-state index contributed by atoms with van der Waals surface area (Å²) in [4.78, 5) is 12.4. The van der Waals surface area contributed by atoms with Crippen LogP contribution in [0.2, 0.25) is 0 Å². The number of carbonyl (C=O) groups is 1. The van der Waals surface area contributed by atoms with Gasteiger partial charge in [-0.1, -0.05) is 6.42 Å². The van der Waals surface area contributed by atoms with Gasteiger partial charge in [-0.2, -0.15) is 16.9 Å². The van der Waals surface area contributed by atoms with Crippen LogP contribution in [0, 0.1) is 0 Å². The molecule has 0 bridgehead atoms. The van der Waals surface area contributed by atoms with Gasteiger partial charge >= 0.3 is 0 Å². The van der Waals surface area contributed by atoms with Crippen LogP contribution in [0.15, 0.2) is 12.4 Å². The highest BCUT2D eigenvalue weighted by Crippen LogP contribution is 2.27. The zero-order valence-corrected chi connectivity index (χ0v) is 13.2. The molecule has 1 aromatic heterocycles. The molecule has 5 nitrogen and oxygen atoms in total. The van der Waals surface area contributed by atoms with Crippen molar-refractivity contribution in [2.45, 2.75) is 43.0 Å². The van der Waals surface area contributed by atoms with Crippen LogP contribution in [0.25, 0.3) is 0 Å². The van der Waals surface area contributed by atoms with E-state index in [0.29, 0.717) is 11.3 Å². The number of rotatable bonds is 5. The van der Waals surface area contributed by atoms with Gasteiger partial charge in [0.2, 0.25) is 5.91 Å². The first kappa shape index (κ1) is 15.4. The Labute approximate surface area is 124 Å². The summed E-state index contributed by atoms with van der Waals surface area (Å²) in [6, 6.07) is -0.0143. The largest absolute Gasteiger partial charge is 0.352 e. The molecule has 1 aliphatic rings. The number of nitrogens with one attached hydrogen (secondary N) is 2. The van der Waals surface area contributed by atoms with Crippen molar-refractivity contribution >= 4 is 17.7 Å². The summed E-state index contributed by atoms with van der Waals surface area (Å²) >= 11 is 1.91. The third kappa shape index (κ3) is 3.76. The lowest BCUT2D eigenvalue weighted by Crippen LogP contribution is -2.44. The molecule has 6 heteroatoms. The van der Waals surface area contributed by atoms with E-state index in [1.807, 2.05) is 32.1 Å². The molecule has 1 aromatic rings. The summed E-state index contributed by atoms with van der Waals surface area (Å²) in [6.07, 6.45) is 10.4. The molecule has 0 spiro atoms. The van der Waals surface area contributed by atoms with Crippen molar-refractivity contribution < 1.29 is 4.79 Å². The van der Waals surface area contributed by atoms with Crippen molar-refractivity contribution in [3.05, 3.63) is 18.0 Å². The number of thioether (sulfide) groups is 1. The highest BCUT2D eigenvalue weighted by atomic mass is 32.2. The molecule has 1 amide bonds. The molecule has 1 saturated carbocycles. The highest BCUT2D eigenvalue weighted by molar-refractivity contribution is 7.99. The number of aromatic nitrogens is 2. The van der Waals surface area contributed by atoms with Gasteiger partial charge in [0.05, 0.1) is 6.20 Å². The Bertz CT molecular complexity index is 448. The predicted octanol–water partition coefficient (Wildman–Crippen LogP) is 1.47. The molecular formula is C14H24N4OS. The van der Waals surface area contributed by atoms with Gasteiger partial charge < -0.3 is 10.6 Å². The Morgan fingerprint density at radius 3 is 2.95 bits per heavy atom. The number of amides is 1. The number of likely N-dealkylation sites (N-methyl/N-ethyl adjacent to an activating group) is 1. The normalized spacial score (nSPS) is 24.4. The van der Waals surface area contributed by atoms with Crippen molar-refractivity contribution in [1.29, 1.82) is 0 Å². The van der Waals surface area contributed by atoms with E-state index in [0.717, 1.165) is 18.4 Å². The standard InChI is InChI=1S/C14H24N4OS/c1-15-13(10-8-16-18(2)9-10)14(19)17-11-5-4-6-12(7-11)20-3/h8-9,11-13,15H,4-7H2,1-3H3,(H,17,19). The minimum atomic E-state index is -0.321. The van der Waals surface area contributed by atoms with E-state index >= 15 is 0 Å². The monoisotopic (exact) mass is 296 g/mol. The molecule has 1 aliphatic carbocycles. The fraction of sp³-hybridized carbons (Fsp3) is 0.714. The third-order valence-corrected chi connectivity index (χ3v) is 5.01. The molecule has 3 atom stereocenters. The van der Waals surface area contributed by atoms with E-state index in [4.69, 9.17) is 0 Å². The highest BCUT2D eigenvalue weighted by Gasteiger charge is 2.26. The molecule has 0 saturated heterocycles. The van der Waals surface area contributed by atoms with Gasteiger partial charge in [-0.15, -0.1) is 0 Å². The Morgan fingerprint density at radius 2 is 2.35 bits per heavy atom. The second-order valence-corrected chi connectivity index (χ2v) is 6.54. The number of hydrogen-bond acceptors (Lipinski definition) is 4. The molecule has 1 fully saturated rings. The summed E-state index contributed by atoms with van der Waals surface area (Å²) < 4.78 is 1.72. The first-order chi connectivity index (χ1) is 9.63. The summed E-state index contributed by atoms with van der Waals surface area (Å²) in [6.45, 7) is 0. The van der Waals surface area contributed by atoms with E-state index in [1.54, 1.807) is 10.9 Å². The molecule has 20 heavy (non-hydrogen) atoms. The molecule has 0 aromatic carbocycles. The van der Waals surface area contributed by atoms with Crippen LogP contribution in [0.4, 0.5) is 0 Å².